The van der Waals surface area contributed by atoms with E-state index in [4.69, 9.17) is 5.26 Å². The molecule has 3 nitrogen and oxygen atoms in total. The van der Waals surface area contributed by atoms with E-state index in [2.05, 4.69) is 47.0 Å². The summed E-state index contributed by atoms with van der Waals surface area (Å²) >= 11 is 0. The highest BCUT2D eigenvalue weighted by Crippen LogP contribution is 2.23. The van der Waals surface area contributed by atoms with Crippen LogP contribution in [0.2, 0.25) is 0 Å². The number of nitriles is 1. The molecular weight excluding hydrogens is 234 g/mol. The predicted molar refractivity (Wildman–Crippen MR) is 76.0 cm³/mol. The van der Waals surface area contributed by atoms with E-state index in [0.717, 1.165) is 12.4 Å². The fraction of sp³-hybridized carbons (Fsp3) is 0.125. The Balaban J connectivity index is 2.03. The Bertz CT molecular complexity index is 678. The molecule has 0 atom stereocenters. The lowest BCUT2D eigenvalue weighted by atomic mass is 10.1. The number of fused-ring (bicyclic) bond motifs is 1. The first kappa shape index (κ1) is 11.5. The van der Waals surface area contributed by atoms with Gasteiger partial charge in [0.15, 0.2) is 6.21 Å². The summed E-state index contributed by atoms with van der Waals surface area (Å²) < 4.78 is 2.18. The largest absolute Gasteiger partial charge is 0.319 e. The highest BCUT2D eigenvalue weighted by Gasteiger charge is 2.20. The van der Waals surface area contributed by atoms with Crippen molar-refractivity contribution in [3.63, 3.8) is 0 Å². The van der Waals surface area contributed by atoms with Crippen molar-refractivity contribution >= 4 is 17.6 Å². The number of anilines is 1. The van der Waals surface area contributed by atoms with Gasteiger partial charge in [0.05, 0.1) is 22.9 Å². The van der Waals surface area contributed by atoms with Gasteiger partial charge in [-0.15, -0.1) is 0 Å². The molecule has 1 aliphatic rings. The summed E-state index contributed by atoms with van der Waals surface area (Å²) in [7, 11) is 2.09. The third kappa shape index (κ3) is 2.09. The zero-order chi connectivity index (χ0) is 13.2. The Hall–Kier alpha value is -2.60. The first-order valence-electron chi connectivity index (χ1n) is 6.20. The fourth-order valence-electron chi connectivity index (χ4n) is 2.34. The summed E-state index contributed by atoms with van der Waals surface area (Å²) in [6, 6.07) is 18.2. The molecule has 0 saturated heterocycles. The molecule has 0 fully saturated rings. The van der Waals surface area contributed by atoms with Gasteiger partial charge in [-0.1, -0.05) is 12.1 Å². The molecule has 0 bridgehead atoms. The van der Waals surface area contributed by atoms with E-state index in [-0.39, 0.29) is 0 Å². The smallest absolute Gasteiger partial charge is 0.224 e. The Labute approximate surface area is 112 Å². The molecule has 92 valence electrons. The van der Waals surface area contributed by atoms with Gasteiger partial charge < -0.3 is 4.90 Å². The number of rotatable bonds is 1. The average molecular weight is 248 g/mol. The molecule has 19 heavy (non-hydrogen) atoms. The molecule has 2 aromatic rings. The zero-order valence-electron chi connectivity index (χ0n) is 10.7. The molecule has 0 aromatic heterocycles. The van der Waals surface area contributed by atoms with Crippen LogP contribution in [0.3, 0.4) is 0 Å². The molecule has 0 saturated carbocycles. The second kappa shape index (κ2) is 4.58. The number of nitrogens with zero attached hydrogens (tertiary/aromatic N) is 3. The van der Waals surface area contributed by atoms with Crippen molar-refractivity contribution in [2.24, 2.45) is 0 Å². The van der Waals surface area contributed by atoms with Crippen molar-refractivity contribution < 1.29 is 4.58 Å². The normalized spacial score (nSPS) is 13.5. The van der Waals surface area contributed by atoms with Crippen LogP contribution in [0.5, 0.6) is 0 Å². The maximum atomic E-state index is 8.83. The Kier molecular flexibility index (Phi) is 2.77. The van der Waals surface area contributed by atoms with E-state index < -0.39 is 0 Å². The molecule has 1 heterocycles. The van der Waals surface area contributed by atoms with Gasteiger partial charge in [-0.05, 0) is 24.3 Å². The Morgan fingerprint density at radius 1 is 1.11 bits per heavy atom. The van der Waals surface area contributed by atoms with Crippen LogP contribution >= 0.6 is 0 Å². The van der Waals surface area contributed by atoms with Gasteiger partial charge in [-0.25, -0.2) is 0 Å². The minimum atomic E-state index is 0.689. The summed E-state index contributed by atoms with van der Waals surface area (Å²) in [5.74, 6) is 0. The zero-order valence-corrected chi connectivity index (χ0v) is 10.7. The van der Waals surface area contributed by atoms with Gasteiger partial charge in [0.2, 0.25) is 12.4 Å². The molecule has 0 aliphatic carbocycles. The predicted octanol–water partition coefficient (Wildman–Crippen LogP) is 2.73. The van der Waals surface area contributed by atoms with E-state index in [0.29, 0.717) is 5.56 Å². The molecule has 0 spiro atoms. The highest BCUT2D eigenvalue weighted by molar-refractivity contribution is 5.86. The molecule has 0 amide bonds. The average Bonchev–Trinajstić information content (AvgIpc) is 2.47. The van der Waals surface area contributed by atoms with Crippen LogP contribution in [0.1, 0.15) is 11.1 Å². The minimum Gasteiger partial charge on any atom is -0.319 e. The van der Waals surface area contributed by atoms with Crippen LogP contribution < -0.4 is 4.90 Å². The van der Waals surface area contributed by atoms with Crippen molar-refractivity contribution in [1.29, 1.82) is 5.26 Å². The number of benzene rings is 2. The van der Waals surface area contributed by atoms with Crippen LogP contribution in [0.4, 0.5) is 11.4 Å². The second-order valence-corrected chi connectivity index (χ2v) is 4.66. The standard InChI is InChI=1S/C16H14N3/c1-18-12-19(11-14-4-2-3-5-16(14)18)15-8-6-13(10-17)7-9-15/h2-9,11H,12H2,1H3/q+1. The summed E-state index contributed by atoms with van der Waals surface area (Å²) in [4.78, 5) is 2.22. The van der Waals surface area contributed by atoms with Crippen molar-refractivity contribution in [1.82, 2.24) is 0 Å². The molecule has 1 aliphatic heterocycles. The fourth-order valence-corrected chi connectivity index (χ4v) is 2.34. The lowest BCUT2D eigenvalue weighted by molar-refractivity contribution is -0.435. The molecule has 3 heteroatoms. The second-order valence-electron chi connectivity index (χ2n) is 4.66. The van der Waals surface area contributed by atoms with Crippen molar-refractivity contribution in [2.45, 2.75) is 0 Å². The van der Waals surface area contributed by atoms with Crippen molar-refractivity contribution in [2.75, 3.05) is 18.6 Å². The van der Waals surface area contributed by atoms with E-state index in [1.54, 1.807) is 0 Å². The summed E-state index contributed by atoms with van der Waals surface area (Å²) in [5.41, 5.74) is 4.24. The van der Waals surface area contributed by atoms with Gasteiger partial charge in [-0.2, -0.15) is 9.84 Å². The van der Waals surface area contributed by atoms with Crippen LogP contribution in [0.25, 0.3) is 0 Å². The molecular formula is C16H14N3+. The third-order valence-corrected chi connectivity index (χ3v) is 3.34. The van der Waals surface area contributed by atoms with Crippen molar-refractivity contribution in [3.05, 3.63) is 59.7 Å². The SMILES string of the molecule is CN1C[N+](c2ccc(C#N)cc2)=Cc2ccccc21. The first-order chi connectivity index (χ1) is 9.28. The van der Waals surface area contributed by atoms with Gasteiger partial charge in [0.25, 0.3) is 0 Å². The summed E-state index contributed by atoms with van der Waals surface area (Å²) in [5, 5.41) is 8.83. The van der Waals surface area contributed by atoms with E-state index >= 15 is 0 Å². The van der Waals surface area contributed by atoms with E-state index in [1.165, 1.54) is 11.3 Å². The van der Waals surface area contributed by atoms with Gasteiger partial charge in [-0.3, -0.25) is 0 Å². The summed E-state index contributed by atoms with van der Waals surface area (Å²) in [6.07, 6.45) is 2.15. The Morgan fingerprint density at radius 3 is 2.58 bits per heavy atom. The topological polar surface area (TPSA) is 30.0 Å². The highest BCUT2D eigenvalue weighted by atomic mass is 15.3. The monoisotopic (exact) mass is 248 g/mol. The van der Waals surface area contributed by atoms with Crippen LogP contribution in [-0.4, -0.2) is 24.5 Å². The molecule has 0 radical (unpaired) electrons. The van der Waals surface area contributed by atoms with Gasteiger partial charge in [0.1, 0.15) is 0 Å². The Morgan fingerprint density at radius 2 is 1.84 bits per heavy atom. The first-order valence-corrected chi connectivity index (χ1v) is 6.20. The number of hydrogen-bond donors (Lipinski definition) is 0. The van der Waals surface area contributed by atoms with E-state index in [1.807, 2.05) is 30.3 Å². The lowest BCUT2D eigenvalue weighted by Crippen LogP contribution is -2.32. The molecule has 0 N–H and O–H groups in total. The van der Waals surface area contributed by atoms with Crippen LogP contribution in [-0.2, 0) is 0 Å². The van der Waals surface area contributed by atoms with Crippen LogP contribution in [0, 0.1) is 11.3 Å². The number of para-hydroxylation sites is 1. The molecule has 0 unspecified atom stereocenters. The van der Waals surface area contributed by atoms with Crippen LogP contribution in [0.15, 0.2) is 48.5 Å². The maximum Gasteiger partial charge on any atom is 0.224 e. The molecule has 3 rings (SSSR count). The lowest BCUT2D eigenvalue weighted by Gasteiger charge is -2.22. The van der Waals surface area contributed by atoms with Crippen molar-refractivity contribution in [3.8, 4) is 6.07 Å². The number of hydrogen-bond acceptors (Lipinski definition) is 2. The third-order valence-electron chi connectivity index (χ3n) is 3.34. The maximum absolute atomic E-state index is 8.83. The summed E-state index contributed by atoms with van der Waals surface area (Å²) in [6.45, 7) is 0.808. The van der Waals surface area contributed by atoms with Gasteiger partial charge in [0, 0.05) is 19.2 Å². The van der Waals surface area contributed by atoms with Gasteiger partial charge >= 0.3 is 0 Å². The van der Waals surface area contributed by atoms with E-state index in [9.17, 15) is 0 Å². The molecule has 2 aromatic carbocycles. The minimum absolute atomic E-state index is 0.689. The quantitative estimate of drug-likeness (QED) is 0.726.